The fraction of sp³-hybridized carbons (Fsp3) is 0.143. The summed E-state index contributed by atoms with van der Waals surface area (Å²) in [6.45, 7) is 4.07. The van der Waals surface area contributed by atoms with E-state index in [1.807, 2.05) is 74.6 Å². The largest absolute Gasteiger partial charge is 0.388 e. The van der Waals surface area contributed by atoms with Crippen molar-refractivity contribution in [2.24, 2.45) is 0 Å². The number of fused-ring (bicyclic) bond motifs is 1. The van der Waals surface area contributed by atoms with Crippen LogP contribution in [0.25, 0.3) is 16.3 Å². The molecule has 3 rings (SSSR count). The molecule has 4 nitrogen and oxygen atoms in total. The Morgan fingerprint density at radius 1 is 1.04 bits per heavy atom. The molecule has 1 heterocycles. The van der Waals surface area contributed by atoms with Gasteiger partial charge in [0.05, 0.1) is 5.57 Å². The van der Waals surface area contributed by atoms with Crippen molar-refractivity contribution in [1.82, 2.24) is 10.3 Å². The molecule has 25 heavy (non-hydrogen) atoms. The Bertz CT molecular complexity index is 901. The number of rotatable bonds is 5. The average Bonchev–Trinajstić information content (AvgIpc) is 2.62. The second-order valence-corrected chi connectivity index (χ2v) is 6.14. The van der Waals surface area contributed by atoms with Crippen molar-refractivity contribution in [1.29, 1.82) is 0 Å². The molecule has 2 aromatic carbocycles. The van der Waals surface area contributed by atoms with Crippen LogP contribution in [0.5, 0.6) is 0 Å². The summed E-state index contributed by atoms with van der Waals surface area (Å²) in [6.07, 6.45) is 5.33. The Balaban J connectivity index is 1.87. The number of amides is 1. The molecule has 0 saturated carbocycles. The third-order valence-electron chi connectivity index (χ3n) is 3.79. The third kappa shape index (κ3) is 4.23. The summed E-state index contributed by atoms with van der Waals surface area (Å²) in [6, 6.07) is 17.6. The van der Waals surface area contributed by atoms with Crippen LogP contribution in [0.2, 0.25) is 0 Å². The van der Waals surface area contributed by atoms with E-state index in [9.17, 15) is 4.79 Å². The van der Waals surface area contributed by atoms with E-state index in [1.54, 1.807) is 12.4 Å². The lowest BCUT2D eigenvalue weighted by Crippen LogP contribution is -2.20. The first-order valence-electron chi connectivity index (χ1n) is 8.30. The predicted molar refractivity (Wildman–Crippen MR) is 103 cm³/mol. The molecule has 2 N–H and O–H groups in total. The first-order valence-corrected chi connectivity index (χ1v) is 8.30. The van der Waals surface area contributed by atoms with Crippen molar-refractivity contribution in [3.05, 3.63) is 78.8 Å². The van der Waals surface area contributed by atoms with Crippen molar-refractivity contribution in [2.45, 2.75) is 19.9 Å². The van der Waals surface area contributed by atoms with Crippen LogP contribution in [0, 0.1) is 0 Å². The number of aromatic nitrogens is 1. The summed E-state index contributed by atoms with van der Waals surface area (Å²) in [5.41, 5.74) is 2.23. The summed E-state index contributed by atoms with van der Waals surface area (Å²) in [5, 5.41) is 8.28. The zero-order valence-corrected chi connectivity index (χ0v) is 14.4. The number of nitrogens with zero attached hydrogens (tertiary/aromatic N) is 1. The predicted octanol–water partition coefficient (Wildman–Crippen LogP) is 4.21. The lowest BCUT2D eigenvalue weighted by molar-refractivity contribution is -0.111. The highest BCUT2D eigenvalue weighted by Crippen LogP contribution is 2.20. The molecule has 0 aliphatic carbocycles. The Labute approximate surface area is 147 Å². The van der Waals surface area contributed by atoms with Gasteiger partial charge in [-0.05, 0) is 43.0 Å². The van der Waals surface area contributed by atoms with Crippen LogP contribution in [-0.4, -0.2) is 16.9 Å². The van der Waals surface area contributed by atoms with Crippen LogP contribution in [0.4, 0.5) is 5.69 Å². The monoisotopic (exact) mass is 331 g/mol. The number of hydrogen-bond donors (Lipinski definition) is 2. The van der Waals surface area contributed by atoms with E-state index in [1.165, 1.54) is 0 Å². The molecular formula is C21H21N3O. The molecule has 0 aliphatic rings. The van der Waals surface area contributed by atoms with E-state index >= 15 is 0 Å². The van der Waals surface area contributed by atoms with E-state index in [0.717, 1.165) is 22.0 Å². The minimum atomic E-state index is -0.146. The Hall–Kier alpha value is -3.14. The Kier molecular flexibility index (Phi) is 5.09. The summed E-state index contributed by atoms with van der Waals surface area (Å²) >= 11 is 0. The Morgan fingerprint density at radius 3 is 2.60 bits per heavy atom. The fourth-order valence-electron chi connectivity index (χ4n) is 2.51. The fourth-order valence-corrected chi connectivity index (χ4v) is 2.51. The van der Waals surface area contributed by atoms with Crippen molar-refractivity contribution >= 4 is 27.9 Å². The molecule has 0 aliphatic heterocycles. The lowest BCUT2D eigenvalue weighted by Gasteiger charge is -2.12. The molecule has 0 fully saturated rings. The van der Waals surface area contributed by atoms with E-state index in [0.29, 0.717) is 5.57 Å². The highest BCUT2D eigenvalue weighted by Gasteiger charge is 2.12. The third-order valence-corrected chi connectivity index (χ3v) is 3.79. The standard InChI is InChI=1S/C21H21N3O/c1-15(2)23-14-20(16-6-4-3-5-7-16)21(25)24-19-9-8-18-13-22-11-10-17(18)12-19/h3-15,23H,1-2H3,(H,24,25)/b20-14+. The number of nitrogens with one attached hydrogen (secondary N) is 2. The number of carbonyl (C=O) groups is 1. The van der Waals surface area contributed by atoms with Gasteiger partial charge in [0.15, 0.2) is 0 Å². The SMILES string of the molecule is CC(C)N/C=C(/C(=O)Nc1ccc2cnccc2c1)c1ccccc1. The number of hydrogen-bond acceptors (Lipinski definition) is 3. The molecule has 1 amide bonds. The van der Waals surface area contributed by atoms with E-state index < -0.39 is 0 Å². The highest BCUT2D eigenvalue weighted by molar-refractivity contribution is 6.25. The van der Waals surface area contributed by atoms with Gasteiger partial charge in [-0.3, -0.25) is 9.78 Å². The summed E-state index contributed by atoms with van der Waals surface area (Å²) < 4.78 is 0. The van der Waals surface area contributed by atoms with Gasteiger partial charge >= 0.3 is 0 Å². The summed E-state index contributed by atoms with van der Waals surface area (Å²) in [4.78, 5) is 16.9. The van der Waals surface area contributed by atoms with Crippen LogP contribution < -0.4 is 10.6 Å². The van der Waals surface area contributed by atoms with Crippen molar-refractivity contribution in [3.63, 3.8) is 0 Å². The maximum absolute atomic E-state index is 12.8. The second kappa shape index (κ2) is 7.62. The maximum atomic E-state index is 12.8. The zero-order valence-electron chi connectivity index (χ0n) is 14.4. The smallest absolute Gasteiger partial charge is 0.257 e. The molecule has 0 bridgehead atoms. The molecule has 0 radical (unpaired) electrons. The van der Waals surface area contributed by atoms with E-state index in [4.69, 9.17) is 0 Å². The molecule has 0 saturated heterocycles. The highest BCUT2D eigenvalue weighted by atomic mass is 16.1. The number of benzene rings is 2. The first kappa shape index (κ1) is 16.7. The molecular weight excluding hydrogens is 310 g/mol. The molecule has 0 spiro atoms. The van der Waals surface area contributed by atoms with Crippen LogP contribution in [0.1, 0.15) is 19.4 Å². The maximum Gasteiger partial charge on any atom is 0.257 e. The van der Waals surface area contributed by atoms with Crippen molar-refractivity contribution < 1.29 is 4.79 Å². The van der Waals surface area contributed by atoms with Crippen molar-refractivity contribution in [2.75, 3.05) is 5.32 Å². The molecule has 3 aromatic rings. The minimum absolute atomic E-state index is 0.146. The first-order chi connectivity index (χ1) is 12.1. The molecule has 1 aromatic heterocycles. The van der Waals surface area contributed by atoms with Crippen molar-refractivity contribution in [3.8, 4) is 0 Å². The van der Waals surface area contributed by atoms with Gasteiger partial charge in [-0.1, -0.05) is 36.4 Å². The molecule has 126 valence electrons. The van der Waals surface area contributed by atoms with Gasteiger partial charge < -0.3 is 10.6 Å². The van der Waals surface area contributed by atoms with Crippen LogP contribution >= 0.6 is 0 Å². The molecule has 0 atom stereocenters. The van der Waals surface area contributed by atoms with Crippen LogP contribution in [0.3, 0.4) is 0 Å². The number of anilines is 1. The van der Waals surface area contributed by atoms with Gasteiger partial charge in [-0.2, -0.15) is 0 Å². The zero-order chi connectivity index (χ0) is 17.6. The van der Waals surface area contributed by atoms with Crippen LogP contribution in [0.15, 0.2) is 73.2 Å². The van der Waals surface area contributed by atoms with Gasteiger partial charge in [0.25, 0.3) is 5.91 Å². The van der Waals surface area contributed by atoms with Gasteiger partial charge in [-0.15, -0.1) is 0 Å². The average molecular weight is 331 g/mol. The summed E-state index contributed by atoms with van der Waals surface area (Å²) in [5.74, 6) is -0.146. The summed E-state index contributed by atoms with van der Waals surface area (Å²) in [7, 11) is 0. The second-order valence-electron chi connectivity index (χ2n) is 6.14. The van der Waals surface area contributed by atoms with Crippen LogP contribution in [-0.2, 0) is 4.79 Å². The van der Waals surface area contributed by atoms with Gasteiger partial charge in [0.2, 0.25) is 0 Å². The Morgan fingerprint density at radius 2 is 1.84 bits per heavy atom. The molecule has 0 unspecified atom stereocenters. The van der Waals surface area contributed by atoms with E-state index in [-0.39, 0.29) is 11.9 Å². The normalized spacial score (nSPS) is 11.6. The topological polar surface area (TPSA) is 54.0 Å². The van der Waals surface area contributed by atoms with Gasteiger partial charge in [0, 0.05) is 35.7 Å². The van der Waals surface area contributed by atoms with Gasteiger partial charge in [0.1, 0.15) is 0 Å². The molecule has 4 heteroatoms. The van der Waals surface area contributed by atoms with Gasteiger partial charge in [-0.25, -0.2) is 0 Å². The quantitative estimate of drug-likeness (QED) is 0.689. The van der Waals surface area contributed by atoms with E-state index in [2.05, 4.69) is 15.6 Å². The number of carbonyl (C=O) groups excluding carboxylic acids is 1. The minimum Gasteiger partial charge on any atom is -0.388 e. The number of pyridine rings is 1. The lowest BCUT2D eigenvalue weighted by atomic mass is 10.1.